The Morgan fingerprint density at radius 1 is 1.07 bits per heavy atom. The van der Waals surface area contributed by atoms with Gasteiger partial charge in [-0.3, -0.25) is 4.79 Å². The summed E-state index contributed by atoms with van der Waals surface area (Å²) in [5.74, 6) is 1.03. The van der Waals surface area contributed by atoms with Crippen LogP contribution in [-0.4, -0.2) is 36.8 Å². The Morgan fingerprint density at radius 2 is 1.81 bits per heavy atom. The van der Waals surface area contributed by atoms with Crippen LogP contribution in [0.2, 0.25) is 0 Å². The number of amides is 1. The summed E-state index contributed by atoms with van der Waals surface area (Å²) in [4.78, 5) is 16.7. The molecule has 1 amide bonds. The smallest absolute Gasteiger partial charge is 0.255 e. The summed E-state index contributed by atoms with van der Waals surface area (Å²) in [5.41, 5.74) is 2.16. The van der Waals surface area contributed by atoms with Crippen molar-refractivity contribution >= 4 is 11.6 Å². The van der Waals surface area contributed by atoms with E-state index in [1.165, 1.54) is 21.3 Å². The molecule has 0 aliphatic carbocycles. The van der Waals surface area contributed by atoms with Crippen molar-refractivity contribution in [2.75, 3.05) is 26.6 Å². The molecule has 0 spiro atoms. The lowest BCUT2D eigenvalue weighted by Gasteiger charge is -2.14. The second-order valence-corrected chi connectivity index (χ2v) is 5.80. The van der Waals surface area contributed by atoms with Crippen molar-refractivity contribution in [3.8, 4) is 17.2 Å². The predicted molar refractivity (Wildman–Crippen MR) is 102 cm³/mol. The van der Waals surface area contributed by atoms with E-state index in [0.29, 0.717) is 35.0 Å². The van der Waals surface area contributed by atoms with Gasteiger partial charge in [0.2, 0.25) is 5.75 Å². The molecule has 0 saturated heterocycles. The second kappa shape index (κ2) is 8.27. The summed E-state index contributed by atoms with van der Waals surface area (Å²) < 4.78 is 17.9. The normalized spacial score (nSPS) is 10.3. The quantitative estimate of drug-likeness (QED) is 0.694. The molecule has 27 heavy (non-hydrogen) atoms. The third-order valence-electron chi connectivity index (χ3n) is 4.04. The van der Waals surface area contributed by atoms with Crippen molar-refractivity contribution in [1.29, 1.82) is 0 Å². The van der Waals surface area contributed by atoms with Crippen LogP contribution in [0.4, 0.5) is 5.69 Å². The number of carbonyl (C=O) groups is 1. The van der Waals surface area contributed by atoms with Gasteiger partial charge in [-0.1, -0.05) is 12.1 Å². The lowest BCUT2D eigenvalue weighted by Crippen LogP contribution is -2.13. The number of imidazole rings is 1. The number of nitrogens with zero attached hydrogens (tertiary/aromatic N) is 2. The maximum Gasteiger partial charge on any atom is 0.255 e. The van der Waals surface area contributed by atoms with Crippen molar-refractivity contribution in [3.05, 3.63) is 66.2 Å². The molecule has 0 bridgehead atoms. The summed E-state index contributed by atoms with van der Waals surface area (Å²) in [6, 6.07) is 10.9. The second-order valence-electron chi connectivity index (χ2n) is 5.80. The van der Waals surface area contributed by atoms with Gasteiger partial charge in [-0.15, -0.1) is 0 Å². The number of carbonyl (C=O) groups excluding carboxylic acids is 1. The fourth-order valence-electron chi connectivity index (χ4n) is 2.75. The Bertz CT molecular complexity index is 898. The minimum Gasteiger partial charge on any atom is -0.493 e. The molecular formula is C20H21N3O4. The first-order valence-corrected chi connectivity index (χ1v) is 8.30. The highest BCUT2D eigenvalue weighted by atomic mass is 16.5. The molecule has 0 atom stereocenters. The zero-order chi connectivity index (χ0) is 19.2. The maximum atomic E-state index is 12.7. The number of hydrogen-bond acceptors (Lipinski definition) is 5. The van der Waals surface area contributed by atoms with Crippen LogP contribution in [0.25, 0.3) is 0 Å². The van der Waals surface area contributed by atoms with Gasteiger partial charge < -0.3 is 24.1 Å². The van der Waals surface area contributed by atoms with Gasteiger partial charge in [0.1, 0.15) is 0 Å². The molecule has 3 aromatic rings. The highest BCUT2D eigenvalue weighted by molar-refractivity contribution is 6.05. The summed E-state index contributed by atoms with van der Waals surface area (Å²) in [5, 5.41) is 2.90. The highest BCUT2D eigenvalue weighted by Gasteiger charge is 2.17. The molecule has 0 aliphatic heterocycles. The van der Waals surface area contributed by atoms with E-state index >= 15 is 0 Å². The minimum atomic E-state index is -0.269. The van der Waals surface area contributed by atoms with Crippen LogP contribution < -0.4 is 19.5 Å². The molecule has 1 aromatic heterocycles. The van der Waals surface area contributed by atoms with Crippen molar-refractivity contribution in [2.24, 2.45) is 0 Å². The molecule has 0 saturated carbocycles. The van der Waals surface area contributed by atoms with Gasteiger partial charge in [0.25, 0.3) is 5.91 Å². The number of rotatable bonds is 7. The summed E-state index contributed by atoms with van der Waals surface area (Å²) in [6.07, 6.45) is 5.37. The molecule has 7 nitrogen and oxygen atoms in total. The summed E-state index contributed by atoms with van der Waals surface area (Å²) >= 11 is 0. The van der Waals surface area contributed by atoms with Crippen LogP contribution in [0.15, 0.2) is 55.1 Å². The third kappa shape index (κ3) is 4.20. The van der Waals surface area contributed by atoms with E-state index in [-0.39, 0.29) is 5.91 Å². The van der Waals surface area contributed by atoms with Crippen molar-refractivity contribution in [2.45, 2.75) is 6.54 Å². The van der Waals surface area contributed by atoms with Gasteiger partial charge >= 0.3 is 0 Å². The molecule has 2 aromatic carbocycles. The maximum absolute atomic E-state index is 12.7. The molecule has 0 fully saturated rings. The van der Waals surface area contributed by atoms with Crippen LogP contribution in [0, 0.1) is 0 Å². The molecule has 3 rings (SSSR count). The lowest BCUT2D eigenvalue weighted by atomic mass is 10.1. The average Bonchev–Trinajstić information content (AvgIpc) is 3.19. The molecule has 0 unspecified atom stereocenters. The van der Waals surface area contributed by atoms with Gasteiger partial charge in [-0.25, -0.2) is 4.98 Å². The SMILES string of the molecule is COc1cc(C(=O)Nc2cccc(Cn3ccnc3)c2)cc(OC)c1OC. The third-order valence-corrected chi connectivity index (χ3v) is 4.04. The Labute approximate surface area is 157 Å². The zero-order valence-electron chi connectivity index (χ0n) is 15.4. The largest absolute Gasteiger partial charge is 0.493 e. The minimum absolute atomic E-state index is 0.269. The zero-order valence-corrected chi connectivity index (χ0v) is 15.4. The van der Waals surface area contributed by atoms with E-state index < -0.39 is 0 Å². The lowest BCUT2D eigenvalue weighted by molar-refractivity contribution is 0.102. The fourth-order valence-corrected chi connectivity index (χ4v) is 2.75. The van der Waals surface area contributed by atoms with E-state index in [4.69, 9.17) is 14.2 Å². The Hall–Kier alpha value is -3.48. The molecular weight excluding hydrogens is 346 g/mol. The average molecular weight is 367 g/mol. The van der Waals surface area contributed by atoms with Crippen molar-refractivity contribution < 1.29 is 19.0 Å². The first-order valence-electron chi connectivity index (χ1n) is 8.30. The number of benzene rings is 2. The molecule has 1 N–H and O–H groups in total. The van der Waals surface area contributed by atoms with Gasteiger partial charge in [0, 0.05) is 30.2 Å². The van der Waals surface area contributed by atoms with Gasteiger partial charge in [0.05, 0.1) is 27.7 Å². The van der Waals surface area contributed by atoms with Gasteiger partial charge in [-0.05, 0) is 29.8 Å². The van der Waals surface area contributed by atoms with Gasteiger partial charge in [0.15, 0.2) is 11.5 Å². The van der Waals surface area contributed by atoms with E-state index in [1.54, 1.807) is 24.7 Å². The topological polar surface area (TPSA) is 74.6 Å². The number of nitrogens with one attached hydrogen (secondary N) is 1. The first kappa shape index (κ1) is 18.3. The highest BCUT2D eigenvalue weighted by Crippen LogP contribution is 2.38. The molecule has 1 heterocycles. The van der Waals surface area contributed by atoms with Crippen LogP contribution in [0.3, 0.4) is 0 Å². The van der Waals surface area contributed by atoms with Crippen molar-refractivity contribution in [1.82, 2.24) is 9.55 Å². The van der Waals surface area contributed by atoms with Crippen LogP contribution in [0.5, 0.6) is 17.2 Å². The molecule has 0 aliphatic rings. The molecule has 7 heteroatoms. The number of methoxy groups -OCH3 is 3. The van der Waals surface area contributed by atoms with E-state index in [0.717, 1.165) is 5.56 Å². The Kier molecular flexibility index (Phi) is 5.61. The van der Waals surface area contributed by atoms with Gasteiger partial charge in [-0.2, -0.15) is 0 Å². The van der Waals surface area contributed by atoms with Crippen LogP contribution in [0.1, 0.15) is 15.9 Å². The number of ether oxygens (including phenoxy) is 3. The fraction of sp³-hybridized carbons (Fsp3) is 0.200. The molecule has 0 radical (unpaired) electrons. The number of anilines is 1. The Morgan fingerprint density at radius 3 is 2.41 bits per heavy atom. The van der Waals surface area contributed by atoms with Crippen LogP contribution >= 0.6 is 0 Å². The monoisotopic (exact) mass is 367 g/mol. The van der Waals surface area contributed by atoms with Crippen molar-refractivity contribution in [3.63, 3.8) is 0 Å². The first-order chi connectivity index (χ1) is 13.1. The number of hydrogen-bond donors (Lipinski definition) is 1. The van der Waals surface area contributed by atoms with E-state index in [1.807, 2.05) is 35.0 Å². The predicted octanol–water partition coefficient (Wildman–Crippen LogP) is 3.21. The summed E-state index contributed by atoms with van der Waals surface area (Å²) in [6.45, 7) is 0.674. The standard InChI is InChI=1S/C20H21N3O4/c1-25-17-10-15(11-18(26-2)19(17)27-3)20(24)22-16-6-4-5-14(9-16)12-23-8-7-21-13-23/h4-11,13H,12H2,1-3H3,(H,22,24). The molecule has 140 valence electrons. The van der Waals surface area contributed by atoms with Crippen LogP contribution in [-0.2, 0) is 6.54 Å². The van der Waals surface area contributed by atoms with E-state index in [9.17, 15) is 4.79 Å². The number of aromatic nitrogens is 2. The van der Waals surface area contributed by atoms with E-state index in [2.05, 4.69) is 10.3 Å². The Balaban J connectivity index is 1.81. The summed E-state index contributed by atoms with van der Waals surface area (Å²) in [7, 11) is 4.54.